The van der Waals surface area contributed by atoms with Gasteiger partial charge in [-0.2, -0.15) is 5.10 Å². The van der Waals surface area contributed by atoms with E-state index in [0.29, 0.717) is 12.0 Å². The maximum atomic E-state index is 6.09. The van der Waals surface area contributed by atoms with E-state index >= 15 is 0 Å². The van der Waals surface area contributed by atoms with Crippen molar-refractivity contribution in [2.24, 2.45) is 5.92 Å². The summed E-state index contributed by atoms with van der Waals surface area (Å²) in [6.07, 6.45) is 0. The molecule has 1 N–H and O–H groups in total. The summed E-state index contributed by atoms with van der Waals surface area (Å²) in [5.74, 6) is 0.657. The molecule has 3 nitrogen and oxygen atoms in total. The summed E-state index contributed by atoms with van der Waals surface area (Å²) in [7, 11) is 0. The van der Waals surface area contributed by atoms with Crippen molar-refractivity contribution in [1.82, 2.24) is 15.1 Å². The van der Waals surface area contributed by atoms with Gasteiger partial charge in [0.2, 0.25) is 0 Å². The van der Waals surface area contributed by atoms with Crippen molar-refractivity contribution < 1.29 is 0 Å². The molecule has 1 unspecified atom stereocenters. The first-order valence-electron chi connectivity index (χ1n) is 5.86. The van der Waals surface area contributed by atoms with Crippen LogP contribution >= 0.6 is 11.6 Å². The third-order valence-electron chi connectivity index (χ3n) is 3.08. The molecule has 0 aliphatic heterocycles. The summed E-state index contributed by atoms with van der Waals surface area (Å²) in [5, 5.41) is 8.67. The molecular weight excluding hydrogens is 222 g/mol. The second-order valence-corrected chi connectivity index (χ2v) is 5.07. The Balaban J connectivity index is 2.46. The van der Waals surface area contributed by atoms with Crippen molar-refractivity contribution in [2.45, 2.75) is 47.2 Å². The standard InChI is InChI=1S/C12H22ClN3/c1-8(2)9(3)14-6-7-16-11(5)12(13)10(4)15-16/h8-9,14H,6-7H2,1-5H3. The van der Waals surface area contributed by atoms with Crippen molar-refractivity contribution in [3.8, 4) is 0 Å². The van der Waals surface area contributed by atoms with Crippen LogP contribution < -0.4 is 5.32 Å². The summed E-state index contributed by atoms with van der Waals surface area (Å²) in [5.41, 5.74) is 1.97. The third kappa shape index (κ3) is 3.22. The van der Waals surface area contributed by atoms with Crippen LogP contribution in [0.2, 0.25) is 5.02 Å². The summed E-state index contributed by atoms with van der Waals surface area (Å²) >= 11 is 6.09. The fourth-order valence-corrected chi connectivity index (χ4v) is 1.66. The molecule has 0 aliphatic rings. The number of halogens is 1. The molecule has 0 radical (unpaired) electrons. The van der Waals surface area contributed by atoms with Crippen LogP contribution in [0.15, 0.2) is 0 Å². The molecule has 16 heavy (non-hydrogen) atoms. The fraction of sp³-hybridized carbons (Fsp3) is 0.750. The zero-order valence-corrected chi connectivity index (χ0v) is 11.6. The fourth-order valence-electron chi connectivity index (χ4n) is 1.53. The van der Waals surface area contributed by atoms with Gasteiger partial charge in [0, 0.05) is 12.6 Å². The van der Waals surface area contributed by atoms with E-state index in [1.165, 1.54) is 0 Å². The Hall–Kier alpha value is -0.540. The lowest BCUT2D eigenvalue weighted by Crippen LogP contribution is -2.33. The maximum absolute atomic E-state index is 6.09. The zero-order chi connectivity index (χ0) is 12.3. The monoisotopic (exact) mass is 243 g/mol. The van der Waals surface area contributed by atoms with Crippen LogP contribution in [0.25, 0.3) is 0 Å². The number of aromatic nitrogens is 2. The second-order valence-electron chi connectivity index (χ2n) is 4.69. The Morgan fingerprint density at radius 1 is 1.31 bits per heavy atom. The maximum Gasteiger partial charge on any atom is 0.0844 e. The molecule has 92 valence electrons. The lowest BCUT2D eigenvalue weighted by atomic mass is 10.1. The predicted octanol–water partition coefficient (Wildman–Crippen LogP) is 2.79. The van der Waals surface area contributed by atoms with Gasteiger partial charge in [0.15, 0.2) is 0 Å². The van der Waals surface area contributed by atoms with E-state index < -0.39 is 0 Å². The Bertz CT molecular complexity index is 344. The summed E-state index contributed by atoms with van der Waals surface area (Å²) in [6.45, 7) is 12.4. The highest BCUT2D eigenvalue weighted by molar-refractivity contribution is 6.31. The molecule has 0 aliphatic carbocycles. The third-order valence-corrected chi connectivity index (χ3v) is 3.63. The first kappa shape index (κ1) is 13.5. The molecule has 4 heteroatoms. The number of hydrogen-bond donors (Lipinski definition) is 1. The van der Waals surface area contributed by atoms with E-state index in [4.69, 9.17) is 11.6 Å². The van der Waals surface area contributed by atoms with Crippen molar-refractivity contribution in [2.75, 3.05) is 6.54 Å². The second kappa shape index (κ2) is 5.69. The number of nitrogens with one attached hydrogen (secondary N) is 1. The topological polar surface area (TPSA) is 29.9 Å². The van der Waals surface area contributed by atoms with E-state index in [-0.39, 0.29) is 0 Å². The highest BCUT2D eigenvalue weighted by atomic mass is 35.5. The van der Waals surface area contributed by atoms with Crippen LogP contribution in [-0.2, 0) is 6.54 Å². The lowest BCUT2D eigenvalue weighted by Gasteiger charge is -2.17. The van der Waals surface area contributed by atoms with Crippen molar-refractivity contribution >= 4 is 11.6 Å². The normalized spacial score (nSPS) is 13.4. The molecule has 1 atom stereocenters. The van der Waals surface area contributed by atoms with Crippen LogP contribution in [0.3, 0.4) is 0 Å². The highest BCUT2D eigenvalue weighted by Gasteiger charge is 2.09. The van der Waals surface area contributed by atoms with Crippen LogP contribution in [0, 0.1) is 19.8 Å². The zero-order valence-electron chi connectivity index (χ0n) is 10.8. The van der Waals surface area contributed by atoms with Gasteiger partial charge >= 0.3 is 0 Å². The van der Waals surface area contributed by atoms with E-state index in [1.807, 2.05) is 18.5 Å². The molecule has 0 spiro atoms. The smallest absolute Gasteiger partial charge is 0.0844 e. The molecular formula is C12H22ClN3. The van der Waals surface area contributed by atoms with Gasteiger partial charge in [0.05, 0.1) is 23.0 Å². The minimum absolute atomic E-state index is 0.535. The van der Waals surface area contributed by atoms with E-state index in [1.54, 1.807) is 0 Å². The van der Waals surface area contributed by atoms with Gasteiger partial charge in [-0.15, -0.1) is 0 Å². The SMILES string of the molecule is Cc1nn(CCNC(C)C(C)C)c(C)c1Cl. The van der Waals surface area contributed by atoms with Gasteiger partial charge in [-0.25, -0.2) is 0 Å². The first-order valence-corrected chi connectivity index (χ1v) is 6.24. The van der Waals surface area contributed by atoms with Gasteiger partial charge in [-0.3, -0.25) is 4.68 Å². The summed E-state index contributed by atoms with van der Waals surface area (Å²) in [6, 6.07) is 0.535. The quantitative estimate of drug-likeness (QED) is 0.862. The van der Waals surface area contributed by atoms with Crippen molar-refractivity contribution in [1.29, 1.82) is 0 Å². The molecule has 0 amide bonds. The molecule has 0 fully saturated rings. The van der Waals surface area contributed by atoms with Gasteiger partial charge in [0.1, 0.15) is 0 Å². The largest absolute Gasteiger partial charge is 0.312 e. The van der Waals surface area contributed by atoms with Crippen LogP contribution in [0.5, 0.6) is 0 Å². The Labute approximate surface area is 103 Å². The molecule has 1 aromatic rings. The molecule has 0 saturated carbocycles. The Morgan fingerprint density at radius 2 is 1.94 bits per heavy atom. The van der Waals surface area contributed by atoms with Crippen LogP contribution in [0.1, 0.15) is 32.2 Å². The van der Waals surface area contributed by atoms with Gasteiger partial charge in [0.25, 0.3) is 0 Å². The molecule has 1 heterocycles. The number of nitrogens with zero attached hydrogens (tertiary/aromatic N) is 2. The van der Waals surface area contributed by atoms with Crippen molar-refractivity contribution in [3.63, 3.8) is 0 Å². The average molecular weight is 244 g/mol. The minimum Gasteiger partial charge on any atom is -0.312 e. The number of aryl methyl sites for hydroxylation is 1. The van der Waals surface area contributed by atoms with Crippen LogP contribution in [0.4, 0.5) is 0 Å². The molecule has 1 rings (SSSR count). The summed E-state index contributed by atoms with van der Waals surface area (Å²) in [4.78, 5) is 0. The predicted molar refractivity (Wildman–Crippen MR) is 69.0 cm³/mol. The summed E-state index contributed by atoms with van der Waals surface area (Å²) < 4.78 is 1.97. The van der Waals surface area contributed by atoms with E-state index in [9.17, 15) is 0 Å². The number of rotatable bonds is 5. The van der Waals surface area contributed by atoms with Gasteiger partial charge < -0.3 is 5.32 Å². The number of hydrogen-bond acceptors (Lipinski definition) is 2. The van der Waals surface area contributed by atoms with E-state index in [0.717, 1.165) is 29.5 Å². The molecule has 0 aromatic carbocycles. The Morgan fingerprint density at radius 3 is 2.38 bits per heavy atom. The Kier molecular flexibility index (Phi) is 4.81. The minimum atomic E-state index is 0.535. The van der Waals surface area contributed by atoms with Gasteiger partial charge in [-0.05, 0) is 26.7 Å². The van der Waals surface area contributed by atoms with E-state index in [2.05, 4.69) is 31.2 Å². The van der Waals surface area contributed by atoms with Crippen LogP contribution in [-0.4, -0.2) is 22.4 Å². The highest BCUT2D eigenvalue weighted by Crippen LogP contribution is 2.18. The molecule has 1 aromatic heterocycles. The lowest BCUT2D eigenvalue weighted by molar-refractivity contribution is 0.409. The molecule has 0 bridgehead atoms. The molecule has 0 saturated heterocycles. The van der Waals surface area contributed by atoms with Gasteiger partial charge in [-0.1, -0.05) is 25.4 Å². The van der Waals surface area contributed by atoms with Crippen molar-refractivity contribution in [3.05, 3.63) is 16.4 Å². The average Bonchev–Trinajstić information content (AvgIpc) is 2.46. The first-order chi connectivity index (χ1) is 7.43.